The highest BCUT2D eigenvalue weighted by atomic mass is 32.2. The van der Waals surface area contributed by atoms with Crippen molar-refractivity contribution in [3.8, 4) is 0 Å². The van der Waals surface area contributed by atoms with Gasteiger partial charge in [-0.3, -0.25) is 4.79 Å². The summed E-state index contributed by atoms with van der Waals surface area (Å²) in [6, 6.07) is 14.3. The first kappa shape index (κ1) is 22.3. The molecule has 2 aromatic rings. The fourth-order valence-corrected chi connectivity index (χ4v) is 9.04. The number of rotatable bonds is 5. The van der Waals surface area contributed by atoms with Crippen LogP contribution in [0.1, 0.15) is 67.3 Å². The molecule has 1 amide bonds. The van der Waals surface area contributed by atoms with Crippen LogP contribution in [0, 0.1) is 11.8 Å². The molecule has 4 saturated carbocycles. The van der Waals surface area contributed by atoms with Gasteiger partial charge in [-0.05, 0) is 111 Å². The van der Waals surface area contributed by atoms with E-state index in [-0.39, 0.29) is 16.2 Å². The summed E-state index contributed by atoms with van der Waals surface area (Å²) >= 11 is 0. The van der Waals surface area contributed by atoms with Crippen molar-refractivity contribution in [3.05, 3.63) is 59.7 Å². The summed E-state index contributed by atoms with van der Waals surface area (Å²) in [6.45, 7) is 1.12. The molecule has 6 nitrogen and oxygen atoms in total. The van der Waals surface area contributed by atoms with Gasteiger partial charge in [-0.15, -0.1) is 0 Å². The molecule has 1 aliphatic heterocycles. The quantitative estimate of drug-likeness (QED) is 0.668. The van der Waals surface area contributed by atoms with Crippen LogP contribution in [0.25, 0.3) is 0 Å². The molecule has 4 atom stereocenters. The minimum absolute atomic E-state index is 0.0675. The predicted molar refractivity (Wildman–Crippen MR) is 130 cm³/mol. The van der Waals surface area contributed by atoms with Crippen LogP contribution in [0.3, 0.4) is 0 Å². The van der Waals surface area contributed by atoms with Gasteiger partial charge in [0, 0.05) is 24.3 Å². The largest absolute Gasteiger partial charge is 0.390 e. The number of nitrogens with zero attached hydrogens (tertiary/aromatic N) is 1. The third-order valence-corrected chi connectivity index (χ3v) is 10.5. The van der Waals surface area contributed by atoms with Gasteiger partial charge in [0.1, 0.15) is 0 Å². The average Bonchev–Trinajstić information content (AvgIpc) is 3.34. The maximum absolute atomic E-state index is 12.8. The number of benzene rings is 2. The Balaban J connectivity index is 1.15. The number of anilines is 1. The molecule has 0 radical (unpaired) electrons. The molecular weight excluding hydrogens is 448 g/mol. The van der Waals surface area contributed by atoms with Crippen LogP contribution in [-0.4, -0.2) is 42.4 Å². The van der Waals surface area contributed by atoms with Crippen molar-refractivity contribution >= 4 is 21.6 Å². The SMILES string of the molecule is O=C(Nc1ccc(C23C[C@@H]4C[C@@H](CC(O)(C4)C2)C3)cc1)c1ccc(S(=O)(=O)N2CCCC2)cc1. The first-order valence-corrected chi connectivity index (χ1v) is 13.9. The van der Waals surface area contributed by atoms with E-state index in [0.717, 1.165) is 44.9 Å². The zero-order valence-corrected chi connectivity index (χ0v) is 20.2. The van der Waals surface area contributed by atoms with Gasteiger partial charge in [-0.25, -0.2) is 8.42 Å². The smallest absolute Gasteiger partial charge is 0.255 e. The van der Waals surface area contributed by atoms with E-state index in [1.54, 1.807) is 12.1 Å². The van der Waals surface area contributed by atoms with Crippen LogP contribution in [0.2, 0.25) is 0 Å². The van der Waals surface area contributed by atoms with E-state index >= 15 is 0 Å². The normalized spacial score (nSPS) is 32.7. The van der Waals surface area contributed by atoms with E-state index in [0.29, 0.717) is 36.2 Å². The molecular formula is C27H32N2O4S. The van der Waals surface area contributed by atoms with Gasteiger partial charge in [0.15, 0.2) is 0 Å². The fraction of sp³-hybridized carbons (Fsp3) is 0.519. The maximum Gasteiger partial charge on any atom is 0.255 e. The monoisotopic (exact) mass is 480 g/mol. The summed E-state index contributed by atoms with van der Waals surface area (Å²) in [5.74, 6) is 0.993. The van der Waals surface area contributed by atoms with Crippen molar-refractivity contribution < 1.29 is 18.3 Å². The van der Waals surface area contributed by atoms with Crippen LogP contribution in [0.4, 0.5) is 5.69 Å². The Labute approximate surface area is 201 Å². The molecule has 0 spiro atoms. The molecule has 2 aromatic carbocycles. The highest BCUT2D eigenvalue weighted by Gasteiger charge is 2.57. The second kappa shape index (κ2) is 7.90. The Kier molecular flexibility index (Phi) is 5.17. The minimum Gasteiger partial charge on any atom is -0.390 e. The molecule has 2 unspecified atom stereocenters. The summed E-state index contributed by atoms with van der Waals surface area (Å²) in [7, 11) is -3.48. The Bertz CT molecular complexity index is 1190. The van der Waals surface area contributed by atoms with Gasteiger partial charge >= 0.3 is 0 Å². The van der Waals surface area contributed by atoms with Crippen molar-refractivity contribution in [1.29, 1.82) is 0 Å². The molecule has 180 valence electrons. The minimum atomic E-state index is -3.48. The van der Waals surface area contributed by atoms with Gasteiger partial charge in [0.05, 0.1) is 10.5 Å². The molecule has 1 heterocycles. The van der Waals surface area contributed by atoms with Crippen LogP contribution < -0.4 is 5.32 Å². The number of hydrogen-bond acceptors (Lipinski definition) is 4. The lowest BCUT2D eigenvalue weighted by Crippen LogP contribution is -2.57. The van der Waals surface area contributed by atoms with E-state index < -0.39 is 15.6 Å². The summed E-state index contributed by atoms with van der Waals surface area (Å²) in [6.07, 6.45) is 8.12. The molecule has 0 aromatic heterocycles. The van der Waals surface area contributed by atoms with Crippen LogP contribution >= 0.6 is 0 Å². The summed E-state index contributed by atoms with van der Waals surface area (Å²) in [5.41, 5.74) is 1.98. The fourth-order valence-electron chi connectivity index (χ4n) is 7.52. The number of nitrogens with one attached hydrogen (secondary N) is 1. The van der Waals surface area contributed by atoms with E-state index in [2.05, 4.69) is 17.4 Å². The molecule has 4 aliphatic carbocycles. The topological polar surface area (TPSA) is 86.7 Å². The van der Waals surface area contributed by atoms with Crippen molar-refractivity contribution in [2.75, 3.05) is 18.4 Å². The molecule has 2 N–H and O–H groups in total. The zero-order chi connectivity index (χ0) is 23.6. The third kappa shape index (κ3) is 3.78. The Morgan fingerprint density at radius 2 is 1.53 bits per heavy atom. The predicted octanol–water partition coefficient (Wildman–Crippen LogP) is 4.31. The van der Waals surface area contributed by atoms with Gasteiger partial charge in [-0.1, -0.05) is 12.1 Å². The lowest BCUT2D eigenvalue weighted by Gasteiger charge is -2.60. The first-order chi connectivity index (χ1) is 16.2. The molecule has 34 heavy (non-hydrogen) atoms. The standard InChI is InChI=1S/C27H32N2O4S/c30-25(21-3-9-24(10-4-21)34(32,33)29-11-1-2-12-29)28-23-7-5-22(6-8-23)26-14-19-13-20(15-26)17-27(31,16-19)18-26/h3-10,19-20,31H,1-2,11-18H2,(H,28,30)/t19-,20+,26?,27?. The molecule has 4 bridgehead atoms. The number of carbonyl (C=O) groups is 1. The average molecular weight is 481 g/mol. The number of aliphatic hydroxyl groups is 1. The van der Waals surface area contributed by atoms with Crippen LogP contribution in [0.15, 0.2) is 53.4 Å². The Morgan fingerprint density at radius 1 is 0.912 bits per heavy atom. The van der Waals surface area contributed by atoms with Crippen molar-refractivity contribution in [2.24, 2.45) is 11.8 Å². The van der Waals surface area contributed by atoms with Gasteiger partial charge in [0.2, 0.25) is 10.0 Å². The molecule has 1 saturated heterocycles. The summed E-state index contributed by atoms with van der Waals surface area (Å²) < 4.78 is 26.9. The van der Waals surface area contributed by atoms with Gasteiger partial charge in [-0.2, -0.15) is 4.31 Å². The highest BCUT2D eigenvalue weighted by Crippen LogP contribution is 2.62. The van der Waals surface area contributed by atoms with E-state index in [4.69, 9.17) is 0 Å². The Morgan fingerprint density at radius 3 is 2.12 bits per heavy atom. The van der Waals surface area contributed by atoms with Gasteiger partial charge in [0.25, 0.3) is 5.91 Å². The molecule has 5 aliphatic rings. The lowest BCUT2D eigenvalue weighted by molar-refractivity contribution is -0.136. The second-order valence-electron chi connectivity index (χ2n) is 11.1. The first-order valence-electron chi connectivity index (χ1n) is 12.5. The zero-order valence-electron chi connectivity index (χ0n) is 19.4. The summed E-state index contributed by atoms with van der Waals surface area (Å²) in [5, 5.41) is 14.0. The second-order valence-corrected chi connectivity index (χ2v) is 13.1. The molecule has 7 heteroatoms. The van der Waals surface area contributed by atoms with E-state index in [9.17, 15) is 18.3 Å². The number of amides is 1. The van der Waals surface area contributed by atoms with Crippen LogP contribution in [0.5, 0.6) is 0 Å². The number of carbonyl (C=O) groups excluding carboxylic acids is 1. The third-order valence-electron chi connectivity index (χ3n) is 8.60. The Hall–Kier alpha value is -2.22. The number of hydrogen-bond donors (Lipinski definition) is 2. The summed E-state index contributed by atoms with van der Waals surface area (Å²) in [4.78, 5) is 13.0. The van der Waals surface area contributed by atoms with E-state index in [1.807, 2.05) is 12.1 Å². The van der Waals surface area contributed by atoms with Crippen LogP contribution in [-0.2, 0) is 15.4 Å². The molecule has 7 rings (SSSR count). The van der Waals surface area contributed by atoms with Crippen molar-refractivity contribution in [3.63, 3.8) is 0 Å². The molecule has 5 fully saturated rings. The van der Waals surface area contributed by atoms with E-state index in [1.165, 1.54) is 28.4 Å². The lowest BCUT2D eigenvalue weighted by atomic mass is 9.46. The number of sulfonamides is 1. The van der Waals surface area contributed by atoms with Crippen molar-refractivity contribution in [1.82, 2.24) is 4.31 Å². The van der Waals surface area contributed by atoms with Crippen molar-refractivity contribution in [2.45, 2.75) is 67.3 Å². The maximum atomic E-state index is 12.8. The highest BCUT2D eigenvalue weighted by molar-refractivity contribution is 7.89. The van der Waals surface area contributed by atoms with Gasteiger partial charge < -0.3 is 10.4 Å².